The van der Waals surface area contributed by atoms with Crippen molar-refractivity contribution < 1.29 is 4.79 Å². The number of aromatic amines is 1. The van der Waals surface area contributed by atoms with Gasteiger partial charge >= 0.3 is 6.03 Å². The van der Waals surface area contributed by atoms with Crippen LogP contribution in [-0.2, 0) is 0 Å². The number of anilines is 1. The Balaban J connectivity index is 1.64. The molecule has 0 atom stereocenters. The second-order valence-corrected chi connectivity index (χ2v) is 5.37. The first-order valence-corrected chi connectivity index (χ1v) is 7.10. The molecule has 2 heterocycles. The van der Waals surface area contributed by atoms with Crippen LogP contribution in [0.15, 0.2) is 12.3 Å². The summed E-state index contributed by atoms with van der Waals surface area (Å²) in [6, 6.07) is 2.00. The summed E-state index contributed by atoms with van der Waals surface area (Å²) in [5, 5.41) is 5.75. The van der Waals surface area contributed by atoms with E-state index in [1.807, 2.05) is 13.0 Å². The van der Waals surface area contributed by atoms with Gasteiger partial charge in [0.05, 0.1) is 6.20 Å². The van der Waals surface area contributed by atoms with E-state index in [0.717, 1.165) is 29.7 Å². The molecule has 2 aromatic rings. The van der Waals surface area contributed by atoms with Crippen LogP contribution in [0, 0.1) is 6.92 Å². The Bertz CT molecular complexity index is 615. The Morgan fingerprint density at radius 1 is 1.35 bits per heavy atom. The van der Waals surface area contributed by atoms with E-state index >= 15 is 0 Å². The molecule has 3 N–H and O–H groups in total. The molecule has 1 saturated carbocycles. The first kappa shape index (κ1) is 12.9. The van der Waals surface area contributed by atoms with E-state index in [1.165, 1.54) is 19.3 Å². The first-order chi connectivity index (χ1) is 9.70. The van der Waals surface area contributed by atoms with Crippen molar-refractivity contribution in [1.29, 1.82) is 0 Å². The minimum atomic E-state index is -0.196. The molecule has 0 saturated heterocycles. The zero-order valence-corrected chi connectivity index (χ0v) is 11.6. The highest BCUT2D eigenvalue weighted by Gasteiger charge is 2.16. The predicted molar refractivity (Wildman–Crippen MR) is 77.7 cm³/mol. The normalized spacial score (nSPS) is 16.2. The van der Waals surface area contributed by atoms with Crippen LogP contribution >= 0.6 is 0 Å². The Labute approximate surface area is 117 Å². The van der Waals surface area contributed by atoms with E-state index in [2.05, 4.69) is 25.6 Å². The Kier molecular flexibility index (Phi) is 3.54. The van der Waals surface area contributed by atoms with Crippen LogP contribution in [0.25, 0.3) is 11.2 Å². The molecule has 0 bridgehead atoms. The van der Waals surface area contributed by atoms with Gasteiger partial charge in [0.2, 0.25) is 0 Å². The van der Waals surface area contributed by atoms with E-state index < -0.39 is 0 Å². The lowest BCUT2D eigenvalue weighted by Crippen LogP contribution is -2.39. The molecule has 1 aliphatic rings. The van der Waals surface area contributed by atoms with Crippen molar-refractivity contribution >= 4 is 23.0 Å². The van der Waals surface area contributed by atoms with E-state index in [0.29, 0.717) is 5.82 Å². The molecule has 3 rings (SSSR count). The molecule has 1 fully saturated rings. The van der Waals surface area contributed by atoms with Crippen molar-refractivity contribution in [2.45, 2.75) is 45.1 Å². The van der Waals surface area contributed by atoms with Gasteiger partial charge in [-0.3, -0.25) is 5.32 Å². The summed E-state index contributed by atoms with van der Waals surface area (Å²) < 4.78 is 0. The largest absolute Gasteiger partial charge is 0.342 e. The minimum absolute atomic E-state index is 0.196. The molecule has 0 radical (unpaired) electrons. The highest BCUT2D eigenvalue weighted by Crippen LogP contribution is 2.17. The average Bonchev–Trinajstić information content (AvgIpc) is 2.79. The topological polar surface area (TPSA) is 82.7 Å². The van der Waals surface area contributed by atoms with Gasteiger partial charge in [-0.15, -0.1) is 0 Å². The summed E-state index contributed by atoms with van der Waals surface area (Å²) in [5.41, 5.74) is 2.50. The Hall–Kier alpha value is -2.11. The van der Waals surface area contributed by atoms with Gasteiger partial charge in [-0.1, -0.05) is 19.3 Å². The molecular formula is C14H19N5O. The first-order valence-electron chi connectivity index (χ1n) is 7.10. The summed E-state index contributed by atoms with van der Waals surface area (Å²) in [7, 11) is 0. The van der Waals surface area contributed by atoms with Crippen LogP contribution in [0.5, 0.6) is 0 Å². The summed E-state index contributed by atoms with van der Waals surface area (Å²) in [6.45, 7) is 1.95. The number of aryl methyl sites for hydroxylation is 1. The smallest absolute Gasteiger partial charge is 0.320 e. The summed E-state index contributed by atoms with van der Waals surface area (Å²) in [5.74, 6) is 0.477. The Morgan fingerprint density at radius 2 is 2.15 bits per heavy atom. The number of H-pyrrole nitrogens is 1. The van der Waals surface area contributed by atoms with E-state index in [1.54, 1.807) is 6.20 Å². The van der Waals surface area contributed by atoms with E-state index in [4.69, 9.17) is 0 Å². The number of carbonyl (C=O) groups is 1. The minimum Gasteiger partial charge on any atom is -0.342 e. The molecule has 6 nitrogen and oxygen atoms in total. The van der Waals surface area contributed by atoms with Gasteiger partial charge in [-0.2, -0.15) is 0 Å². The van der Waals surface area contributed by atoms with Crippen LogP contribution in [0.4, 0.5) is 10.6 Å². The average molecular weight is 273 g/mol. The number of hydrogen-bond donors (Lipinski definition) is 3. The van der Waals surface area contributed by atoms with Crippen molar-refractivity contribution in [2.24, 2.45) is 0 Å². The number of hydrogen-bond acceptors (Lipinski definition) is 3. The maximum Gasteiger partial charge on any atom is 0.320 e. The number of amides is 2. The van der Waals surface area contributed by atoms with Gasteiger partial charge < -0.3 is 10.3 Å². The molecule has 106 valence electrons. The fourth-order valence-electron chi connectivity index (χ4n) is 2.67. The lowest BCUT2D eigenvalue weighted by molar-refractivity contribution is 0.244. The number of carbonyl (C=O) groups excluding carboxylic acids is 1. The second kappa shape index (κ2) is 5.48. The molecule has 2 aromatic heterocycles. The molecule has 20 heavy (non-hydrogen) atoms. The zero-order chi connectivity index (χ0) is 13.9. The molecule has 1 aliphatic carbocycles. The third-order valence-electron chi connectivity index (χ3n) is 3.65. The molecule has 6 heteroatoms. The van der Waals surface area contributed by atoms with Gasteiger partial charge in [0.1, 0.15) is 5.52 Å². The molecular weight excluding hydrogens is 254 g/mol. The number of nitrogens with one attached hydrogen (secondary N) is 3. The Morgan fingerprint density at radius 3 is 2.95 bits per heavy atom. The van der Waals surface area contributed by atoms with Crippen LogP contribution in [0.3, 0.4) is 0 Å². The zero-order valence-electron chi connectivity index (χ0n) is 11.6. The number of rotatable bonds is 2. The second-order valence-electron chi connectivity index (χ2n) is 5.37. The van der Waals surface area contributed by atoms with Crippen molar-refractivity contribution in [3.05, 3.63) is 18.0 Å². The van der Waals surface area contributed by atoms with Crippen molar-refractivity contribution in [2.75, 3.05) is 5.32 Å². The third kappa shape index (κ3) is 2.89. The SMILES string of the molecule is Cc1cc2nc(NC(=O)NC3CCCCC3)cnc2[nH]1. The van der Waals surface area contributed by atoms with E-state index in [-0.39, 0.29) is 12.1 Å². The predicted octanol–water partition coefficient (Wildman–Crippen LogP) is 2.72. The third-order valence-corrected chi connectivity index (χ3v) is 3.65. The summed E-state index contributed by atoms with van der Waals surface area (Å²) in [6.07, 6.45) is 7.36. The maximum absolute atomic E-state index is 11.9. The van der Waals surface area contributed by atoms with E-state index in [9.17, 15) is 4.79 Å². The molecule has 0 aromatic carbocycles. The van der Waals surface area contributed by atoms with Crippen molar-refractivity contribution in [1.82, 2.24) is 20.3 Å². The fourth-order valence-corrected chi connectivity index (χ4v) is 2.67. The number of urea groups is 1. The number of aromatic nitrogens is 3. The highest BCUT2D eigenvalue weighted by atomic mass is 16.2. The van der Waals surface area contributed by atoms with Gasteiger partial charge in [-0.25, -0.2) is 14.8 Å². The fraction of sp³-hybridized carbons (Fsp3) is 0.500. The van der Waals surface area contributed by atoms with Crippen LogP contribution in [0.1, 0.15) is 37.8 Å². The maximum atomic E-state index is 11.9. The molecule has 0 unspecified atom stereocenters. The number of nitrogens with zero attached hydrogens (tertiary/aromatic N) is 2. The van der Waals surface area contributed by atoms with Crippen LogP contribution in [-0.4, -0.2) is 27.0 Å². The number of fused-ring (bicyclic) bond motifs is 1. The summed E-state index contributed by atoms with van der Waals surface area (Å²) in [4.78, 5) is 23.6. The van der Waals surface area contributed by atoms with Gasteiger partial charge in [0, 0.05) is 11.7 Å². The van der Waals surface area contributed by atoms with Crippen LogP contribution < -0.4 is 10.6 Å². The van der Waals surface area contributed by atoms with Gasteiger partial charge in [0.25, 0.3) is 0 Å². The van der Waals surface area contributed by atoms with Crippen molar-refractivity contribution in [3.63, 3.8) is 0 Å². The van der Waals surface area contributed by atoms with Gasteiger partial charge in [-0.05, 0) is 25.8 Å². The van der Waals surface area contributed by atoms with Crippen molar-refractivity contribution in [3.8, 4) is 0 Å². The van der Waals surface area contributed by atoms with Gasteiger partial charge in [0.15, 0.2) is 11.5 Å². The quantitative estimate of drug-likeness (QED) is 0.786. The van der Waals surface area contributed by atoms with Crippen LogP contribution in [0.2, 0.25) is 0 Å². The molecule has 2 amide bonds. The lowest BCUT2D eigenvalue weighted by atomic mass is 9.96. The standard InChI is InChI=1S/C14H19N5O/c1-9-7-11-13(16-9)15-8-12(18-11)19-14(20)17-10-5-3-2-4-6-10/h7-8,10H,2-6H2,1H3,(H,15,16)(H2,17,18,19,20). The highest BCUT2D eigenvalue weighted by molar-refractivity contribution is 5.89. The summed E-state index contributed by atoms with van der Waals surface area (Å²) >= 11 is 0. The monoisotopic (exact) mass is 273 g/mol. The molecule has 0 aliphatic heterocycles. The molecule has 0 spiro atoms. The lowest BCUT2D eigenvalue weighted by Gasteiger charge is -2.22.